The monoisotopic (exact) mass is 390 g/mol. The second-order valence-corrected chi connectivity index (χ2v) is 8.17. The number of hydrogen-bond donors (Lipinski definition) is 1. The lowest BCUT2D eigenvalue weighted by molar-refractivity contribution is -0.121. The Balaban J connectivity index is 1.99. The topological polar surface area (TPSA) is 75.7 Å². The summed E-state index contributed by atoms with van der Waals surface area (Å²) in [5.41, 5.74) is 1.63. The number of nitrogens with one attached hydrogen (secondary N) is 1. The van der Waals surface area contributed by atoms with Crippen molar-refractivity contribution in [3.05, 3.63) is 60.2 Å². The number of sulfonamides is 1. The molecule has 0 saturated heterocycles. The Morgan fingerprint density at radius 2 is 1.74 bits per heavy atom. The van der Waals surface area contributed by atoms with E-state index in [1.165, 1.54) is 12.7 Å². The number of carbonyl (C=O) groups is 1. The molecule has 0 bridgehead atoms. The van der Waals surface area contributed by atoms with Gasteiger partial charge in [-0.15, -0.1) is 0 Å². The number of carbonyl (C=O) groups excluding carboxylic acids is 1. The Kier molecular flexibility index (Phi) is 7.24. The number of rotatable bonds is 9. The molecule has 0 aliphatic heterocycles. The summed E-state index contributed by atoms with van der Waals surface area (Å²) in [4.78, 5) is 12.5. The predicted octanol–water partition coefficient (Wildman–Crippen LogP) is 2.60. The van der Waals surface area contributed by atoms with Crippen molar-refractivity contribution >= 4 is 21.6 Å². The van der Waals surface area contributed by atoms with Gasteiger partial charge in [-0.3, -0.25) is 9.10 Å². The maximum Gasteiger partial charge on any atom is 0.243 e. The standard InChI is InChI=1S/C20H26N2O4S/c1-16(20(23)21-15-7-10-17-8-5-4-6-9-17)22(27(3,24)25)18-11-13-19(26-2)14-12-18/h4-6,8-9,11-14,16H,7,10,15H2,1-3H3,(H,21,23). The molecule has 1 N–H and O–H groups in total. The zero-order valence-electron chi connectivity index (χ0n) is 15.9. The highest BCUT2D eigenvalue weighted by atomic mass is 32.2. The normalized spacial score (nSPS) is 12.3. The van der Waals surface area contributed by atoms with Crippen molar-refractivity contribution in [2.24, 2.45) is 0 Å². The molecule has 1 unspecified atom stereocenters. The average molecular weight is 391 g/mol. The molecule has 2 aromatic carbocycles. The van der Waals surface area contributed by atoms with Gasteiger partial charge in [0.1, 0.15) is 11.8 Å². The van der Waals surface area contributed by atoms with Gasteiger partial charge in [-0.1, -0.05) is 30.3 Å². The van der Waals surface area contributed by atoms with Gasteiger partial charge in [0.05, 0.1) is 19.1 Å². The molecule has 0 heterocycles. The van der Waals surface area contributed by atoms with Crippen molar-refractivity contribution in [3.8, 4) is 5.75 Å². The molecular weight excluding hydrogens is 364 g/mol. The quantitative estimate of drug-likeness (QED) is 0.668. The van der Waals surface area contributed by atoms with Crippen LogP contribution in [-0.4, -0.2) is 40.3 Å². The van der Waals surface area contributed by atoms with Crippen LogP contribution in [0.4, 0.5) is 5.69 Å². The van der Waals surface area contributed by atoms with E-state index in [2.05, 4.69) is 5.32 Å². The number of anilines is 1. The van der Waals surface area contributed by atoms with E-state index in [9.17, 15) is 13.2 Å². The molecule has 1 atom stereocenters. The average Bonchev–Trinajstić information content (AvgIpc) is 2.65. The maximum absolute atomic E-state index is 12.5. The minimum absolute atomic E-state index is 0.329. The van der Waals surface area contributed by atoms with E-state index in [1.807, 2.05) is 30.3 Å². The van der Waals surface area contributed by atoms with Crippen molar-refractivity contribution in [1.29, 1.82) is 0 Å². The highest BCUT2D eigenvalue weighted by Gasteiger charge is 2.28. The van der Waals surface area contributed by atoms with Crippen molar-refractivity contribution in [3.63, 3.8) is 0 Å². The molecule has 0 saturated carbocycles. The number of benzene rings is 2. The van der Waals surface area contributed by atoms with Crippen molar-refractivity contribution in [2.45, 2.75) is 25.8 Å². The number of ether oxygens (including phenoxy) is 1. The fourth-order valence-corrected chi connectivity index (χ4v) is 4.01. The van der Waals surface area contributed by atoms with E-state index in [0.717, 1.165) is 23.4 Å². The molecule has 0 aliphatic rings. The van der Waals surface area contributed by atoms with Crippen LogP contribution < -0.4 is 14.4 Å². The summed E-state index contributed by atoms with van der Waals surface area (Å²) in [6, 6.07) is 15.7. The van der Waals surface area contributed by atoms with Gasteiger partial charge in [0.2, 0.25) is 15.9 Å². The van der Waals surface area contributed by atoms with Crippen LogP contribution in [0.1, 0.15) is 18.9 Å². The Labute approximate surface area is 161 Å². The number of aryl methyl sites for hydroxylation is 1. The molecule has 0 fully saturated rings. The molecule has 0 radical (unpaired) electrons. The second-order valence-electron chi connectivity index (χ2n) is 6.31. The van der Waals surface area contributed by atoms with Gasteiger partial charge >= 0.3 is 0 Å². The van der Waals surface area contributed by atoms with Crippen LogP contribution >= 0.6 is 0 Å². The molecule has 0 spiro atoms. The molecule has 27 heavy (non-hydrogen) atoms. The Morgan fingerprint density at radius 1 is 1.11 bits per heavy atom. The van der Waals surface area contributed by atoms with E-state index >= 15 is 0 Å². The number of nitrogens with zero attached hydrogens (tertiary/aromatic N) is 1. The first-order valence-corrected chi connectivity index (χ1v) is 10.6. The molecule has 2 aromatic rings. The minimum Gasteiger partial charge on any atom is -0.497 e. The van der Waals surface area contributed by atoms with Crippen molar-refractivity contribution in [2.75, 3.05) is 24.2 Å². The zero-order valence-corrected chi connectivity index (χ0v) is 16.7. The molecule has 0 aromatic heterocycles. The molecule has 0 aliphatic carbocycles. The molecule has 1 amide bonds. The summed E-state index contributed by atoms with van der Waals surface area (Å²) in [6.07, 6.45) is 2.73. The predicted molar refractivity (Wildman–Crippen MR) is 108 cm³/mol. The molecule has 146 valence electrons. The lowest BCUT2D eigenvalue weighted by atomic mass is 10.1. The maximum atomic E-state index is 12.5. The van der Waals surface area contributed by atoms with Gasteiger partial charge in [0, 0.05) is 6.54 Å². The minimum atomic E-state index is -3.62. The Bertz CT molecular complexity index is 836. The van der Waals surface area contributed by atoms with E-state index in [0.29, 0.717) is 18.0 Å². The van der Waals surface area contributed by atoms with Gasteiger partial charge in [0.25, 0.3) is 0 Å². The number of amides is 1. The fraction of sp³-hybridized carbons (Fsp3) is 0.350. The molecular formula is C20H26N2O4S. The summed E-state index contributed by atoms with van der Waals surface area (Å²) in [6.45, 7) is 2.07. The van der Waals surface area contributed by atoms with Crippen LogP contribution in [0.25, 0.3) is 0 Å². The summed E-state index contributed by atoms with van der Waals surface area (Å²) >= 11 is 0. The van der Waals surface area contributed by atoms with Gasteiger partial charge in [-0.25, -0.2) is 8.42 Å². The lowest BCUT2D eigenvalue weighted by Gasteiger charge is -2.28. The van der Waals surface area contributed by atoms with Crippen LogP contribution in [0, 0.1) is 0 Å². The van der Waals surface area contributed by atoms with Crippen LogP contribution in [0.3, 0.4) is 0 Å². The largest absolute Gasteiger partial charge is 0.497 e. The van der Waals surface area contributed by atoms with Crippen molar-refractivity contribution < 1.29 is 17.9 Å². The highest BCUT2D eigenvalue weighted by Crippen LogP contribution is 2.23. The van der Waals surface area contributed by atoms with Gasteiger partial charge in [-0.2, -0.15) is 0 Å². The third-order valence-corrected chi connectivity index (χ3v) is 5.44. The fourth-order valence-electron chi connectivity index (χ4n) is 2.83. The van der Waals surface area contributed by atoms with Gasteiger partial charge < -0.3 is 10.1 Å². The van der Waals surface area contributed by atoms with E-state index < -0.39 is 16.1 Å². The van der Waals surface area contributed by atoms with E-state index in [-0.39, 0.29) is 5.91 Å². The summed E-state index contributed by atoms with van der Waals surface area (Å²) in [7, 11) is -2.09. The SMILES string of the molecule is COc1ccc(N(C(C)C(=O)NCCCc2ccccc2)S(C)(=O)=O)cc1. The zero-order chi connectivity index (χ0) is 19.9. The summed E-state index contributed by atoms with van der Waals surface area (Å²) in [5, 5.41) is 2.83. The summed E-state index contributed by atoms with van der Waals surface area (Å²) < 4.78 is 30.7. The van der Waals surface area contributed by atoms with Crippen LogP contribution in [-0.2, 0) is 21.2 Å². The lowest BCUT2D eigenvalue weighted by Crippen LogP contribution is -2.48. The van der Waals surface area contributed by atoms with E-state index in [1.54, 1.807) is 31.2 Å². The van der Waals surface area contributed by atoms with Crippen LogP contribution in [0.5, 0.6) is 5.75 Å². The van der Waals surface area contributed by atoms with E-state index in [4.69, 9.17) is 4.74 Å². The van der Waals surface area contributed by atoms with Gasteiger partial charge in [-0.05, 0) is 49.6 Å². The molecule has 7 heteroatoms. The number of methoxy groups -OCH3 is 1. The first-order chi connectivity index (χ1) is 12.8. The third-order valence-electron chi connectivity index (χ3n) is 4.20. The van der Waals surface area contributed by atoms with Crippen molar-refractivity contribution in [1.82, 2.24) is 5.32 Å². The molecule has 2 rings (SSSR count). The third kappa shape index (κ3) is 5.99. The summed E-state index contributed by atoms with van der Waals surface area (Å²) in [5.74, 6) is 0.287. The number of hydrogen-bond acceptors (Lipinski definition) is 4. The van der Waals surface area contributed by atoms with Crippen LogP contribution in [0.2, 0.25) is 0 Å². The Morgan fingerprint density at radius 3 is 2.30 bits per heavy atom. The van der Waals surface area contributed by atoms with Crippen LogP contribution in [0.15, 0.2) is 54.6 Å². The highest BCUT2D eigenvalue weighted by molar-refractivity contribution is 7.92. The first kappa shape index (κ1) is 20.8. The Hall–Kier alpha value is -2.54. The first-order valence-electron chi connectivity index (χ1n) is 8.78. The smallest absolute Gasteiger partial charge is 0.243 e. The molecule has 6 nitrogen and oxygen atoms in total. The second kappa shape index (κ2) is 9.41. The van der Waals surface area contributed by atoms with Gasteiger partial charge in [0.15, 0.2) is 0 Å².